The Bertz CT molecular complexity index is 313. The lowest BCUT2D eigenvalue weighted by Crippen LogP contribution is -1.77. The van der Waals surface area contributed by atoms with Crippen molar-refractivity contribution in [3.05, 3.63) is 35.4 Å². The Morgan fingerprint density at radius 2 is 2.25 bits per heavy atom. The van der Waals surface area contributed by atoms with E-state index in [4.69, 9.17) is 5.11 Å². The number of allylic oxidation sites excluding steroid dienone is 1. The van der Waals surface area contributed by atoms with Gasteiger partial charge in [-0.15, -0.1) is 0 Å². The van der Waals surface area contributed by atoms with E-state index in [2.05, 4.69) is 0 Å². The maximum absolute atomic E-state index is 10.3. The van der Waals surface area contributed by atoms with Gasteiger partial charge in [0.2, 0.25) is 0 Å². The van der Waals surface area contributed by atoms with Crippen LogP contribution in [-0.4, -0.2) is 11.4 Å². The lowest BCUT2D eigenvalue weighted by molar-refractivity contribution is -0.104. The van der Waals surface area contributed by atoms with Crippen LogP contribution in [0.1, 0.15) is 12.5 Å². The van der Waals surface area contributed by atoms with Crippen molar-refractivity contribution in [3.8, 4) is 5.75 Å². The Hall–Kier alpha value is -1.57. The lowest BCUT2D eigenvalue weighted by Gasteiger charge is -1.94. The third-order valence-corrected chi connectivity index (χ3v) is 1.45. The largest absolute Gasteiger partial charge is 0.508 e. The zero-order valence-corrected chi connectivity index (χ0v) is 6.82. The maximum Gasteiger partial charge on any atom is 0.145 e. The predicted molar refractivity (Wildman–Crippen MR) is 47.8 cm³/mol. The summed E-state index contributed by atoms with van der Waals surface area (Å²) in [5.74, 6) is 0.211. The number of hydrogen-bond donors (Lipinski definition) is 1. The van der Waals surface area contributed by atoms with Crippen LogP contribution in [0.25, 0.3) is 6.08 Å². The van der Waals surface area contributed by atoms with Crippen molar-refractivity contribution in [2.45, 2.75) is 6.92 Å². The monoisotopic (exact) mass is 162 g/mol. The summed E-state index contributed by atoms with van der Waals surface area (Å²) in [4.78, 5) is 10.3. The van der Waals surface area contributed by atoms with Crippen LogP contribution >= 0.6 is 0 Å². The van der Waals surface area contributed by atoms with E-state index in [1.807, 2.05) is 6.07 Å². The molecule has 0 atom stereocenters. The first-order valence-corrected chi connectivity index (χ1v) is 3.65. The topological polar surface area (TPSA) is 37.3 Å². The molecule has 0 saturated carbocycles. The van der Waals surface area contributed by atoms with Gasteiger partial charge in [-0.25, -0.2) is 0 Å². The molecule has 1 rings (SSSR count). The quantitative estimate of drug-likeness (QED) is 0.533. The Morgan fingerprint density at radius 3 is 2.83 bits per heavy atom. The smallest absolute Gasteiger partial charge is 0.145 e. The molecule has 0 amide bonds. The van der Waals surface area contributed by atoms with Gasteiger partial charge in [-0.3, -0.25) is 4.79 Å². The van der Waals surface area contributed by atoms with E-state index in [9.17, 15) is 4.79 Å². The fraction of sp³-hybridized carbons (Fsp3) is 0.100. The number of hydrogen-bond acceptors (Lipinski definition) is 2. The first kappa shape index (κ1) is 8.53. The minimum atomic E-state index is 0.211. The van der Waals surface area contributed by atoms with Gasteiger partial charge in [-0.05, 0) is 36.3 Å². The van der Waals surface area contributed by atoms with Gasteiger partial charge in [0.05, 0.1) is 0 Å². The van der Waals surface area contributed by atoms with Crippen molar-refractivity contribution in [1.29, 1.82) is 0 Å². The minimum Gasteiger partial charge on any atom is -0.508 e. The van der Waals surface area contributed by atoms with Crippen LogP contribution in [0.2, 0.25) is 0 Å². The van der Waals surface area contributed by atoms with Gasteiger partial charge in [0.15, 0.2) is 0 Å². The van der Waals surface area contributed by atoms with Crippen molar-refractivity contribution in [1.82, 2.24) is 0 Å². The van der Waals surface area contributed by atoms with Gasteiger partial charge in [0, 0.05) is 0 Å². The molecule has 62 valence electrons. The lowest BCUT2D eigenvalue weighted by atomic mass is 10.1. The summed E-state index contributed by atoms with van der Waals surface area (Å²) in [7, 11) is 0. The first-order chi connectivity index (χ1) is 5.72. The molecule has 0 aliphatic heterocycles. The van der Waals surface area contributed by atoms with Crippen LogP contribution in [0.4, 0.5) is 0 Å². The molecule has 0 heterocycles. The van der Waals surface area contributed by atoms with E-state index in [1.54, 1.807) is 31.2 Å². The van der Waals surface area contributed by atoms with Gasteiger partial charge in [0.1, 0.15) is 12.0 Å². The number of benzene rings is 1. The molecule has 0 unspecified atom stereocenters. The summed E-state index contributed by atoms with van der Waals surface area (Å²) in [5, 5.41) is 9.08. The summed E-state index contributed by atoms with van der Waals surface area (Å²) in [5.41, 5.74) is 1.47. The second kappa shape index (κ2) is 3.72. The zero-order valence-electron chi connectivity index (χ0n) is 6.82. The van der Waals surface area contributed by atoms with Crippen LogP contribution in [0.15, 0.2) is 29.8 Å². The molecule has 2 heteroatoms. The van der Waals surface area contributed by atoms with Gasteiger partial charge in [-0.1, -0.05) is 12.1 Å². The van der Waals surface area contributed by atoms with Crippen molar-refractivity contribution in [2.75, 3.05) is 0 Å². The SMILES string of the molecule is CC(C=O)=Cc1cccc(O)c1. The summed E-state index contributed by atoms with van der Waals surface area (Å²) in [6.07, 6.45) is 2.50. The normalized spacial score (nSPS) is 11.2. The van der Waals surface area contributed by atoms with Crippen molar-refractivity contribution >= 4 is 12.4 Å². The summed E-state index contributed by atoms with van der Waals surface area (Å²) >= 11 is 0. The van der Waals surface area contributed by atoms with E-state index in [1.165, 1.54) is 0 Å². The Labute approximate surface area is 71.2 Å². The van der Waals surface area contributed by atoms with E-state index < -0.39 is 0 Å². The first-order valence-electron chi connectivity index (χ1n) is 3.65. The van der Waals surface area contributed by atoms with E-state index in [-0.39, 0.29) is 5.75 Å². The molecule has 1 aromatic carbocycles. The molecule has 12 heavy (non-hydrogen) atoms. The number of phenolic OH excluding ortho intramolecular Hbond substituents is 1. The van der Waals surface area contributed by atoms with Crippen LogP contribution < -0.4 is 0 Å². The number of carbonyl (C=O) groups is 1. The number of aldehydes is 1. The highest BCUT2D eigenvalue weighted by atomic mass is 16.3. The van der Waals surface area contributed by atoms with Gasteiger partial charge >= 0.3 is 0 Å². The molecule has 0 aromatic heterocycles. The molecule has 0 radical (unpaired) electrons. The molecule has 0 bridgehead atoms. The molecule has 0 spiro atoms. The van der Waals surface area contributed by atoms with Crippen molar-refractivity contribution in [3.63, 3.8) is 0 Å². The summed E-state index contributed by atoms with van der Waals surface area (Å²) < 4.78 is 0. The third-order valence-electron chi connectivity index (χ3n) is 1.45. The standard InChI is InChI=1S/C10H10O2/c1-8(7-11)5-9-3-2-4-10(12)6-9/h2-7,12H,1H3. The van der Waals surface area contributed by atoms with Crippen LogP contribution in [0.5, 0.6) is 5.75 Å². The van der Waals surface area contributed by atoms with E-state index in [0.29, 0.717) is 5.57 Å². The fourth-order valence-corrected chi connectivity index (χ4v) is 0.911. The van der Waals surface area contributed by atoms with Crippen LogP contribution in [-0.2, 0) is 4.79 Å². The average molecular weight is 162 g/mol. The Balaban J connectivity index is 2.97. The van der Waals surface area contributed by atoms with Gasteiger partial charge < -0.3 is 5.11 Å². The van der Waals surface area contributed by atoms with Gasteiger partial charge in [0.25, 0.3) is 0 Å². The maximum atomic E-state index is 10.3. The molecule has 0 aliphatic carbocycles. The summed E-state index contributed by atoms with van der Waals surface area (Å²) in [6.45, 7) is 1.72. The molecular formula is C10H10O2. The second-order valence-electron chi connectivity index (χ2n) is 2.60. The van der Waals surface area contributed by atoms with E-state index >= 15 is 0 Å². The predicted octanol–water partition coefficient (Wildman–Crippen LogP) is 1.99. The molecular weight excluding hydrogens is 152 g/mol. The highest BCUT2D eigenvalue weighted by Crippen LogP contribution is 2.13. The fourth-order valence-electron chi connectivity index (χ4n) is 0.911. The third kappa shape index (κ3) is 2.23. The Kier molecular flexibility index (Phi) is 2.64. The van der Waals surface area contributed by atoms with Crippen molar-refractivity contribution < 1.29 is 9.90 Å². The molecule has 2 nitrogen and oxygen atoms in total. The zero-order chi connectivity index (χ0) is 8.97. The number of rotatable bonds is 2. The molecule has 0 saturated heterocycles. The van der Waals surface area contributed by atoms with Crippen LogP contribution in [0.3, 0.4) is 0 Å². The average Bonchev–Trinajstić information content (AvgIpc) is 2.04. The highest BCUT2D eigenvalue weighted by molar-refractivity contribution is 5.80. The van der Waals surface area contributed by atoms with Gasteiger partial charge in [-0.2, -0.15) is 0 Å². The molecule has 0 aliphatic rings. The minimum absolute atomic E-state index is 0.211. The van der Waals surface area contributed by atoms with Crippen molar-refractivity contribution in [2.24, 2.45) is 0 Å². The second-order valence-corrected chi connectivity index (χ2v) is 2.60. The number of phenols is 1. The highest BCUT2D eigenvalue weighted by Gasteiger charge is 1.90. The van der Waals surface area contributed by atoms with E-state index in [0.717, 1.165) is 11.8 Å². The summed E-state index contributed by atoms with van der Waals surface area (Å²) in [6, 6.07) is 6.76. The number of carbonyl (C=O) groups excluding carboxylic acids is 1. The number of aromatic hydroxyl groups is 1. The molecule has 0 fully saturated rings. The molecule has 1 aromatic rings. The van der Waals surface area contributed by atoms with Crippen LogP contribution in [0, 0.1) is 0 Å². The molecule has 1 N–H and O–H groups in total. The Morgan fingerprint density at radius 1 is 1.50 bits per heavy atom.